The fraction of sp³-hybridized carbons (Fsp3) is 0.889. The molecule has 3 N–H and O–H groups in total. The topological polar surface area (TPSA) is 90.4 Å². The highest BCUT2D eigenvalue weighted by molar-refractivity contribution is 5.84. The SMILES string of the molecule is [2H]C1([2H])[C@H]2C[C@@]([2H])(C#N)N(C(=O)[C@@H](N)C34CC5CC(CC(O)(C5)C3)C4)[C@H]21. The van der Waals surface area contributed by atoms with Gasteiger partial charge in [-0.25, -0.2) is 0 Å². The highest BCUT2D eigenvalue weighted by Crippen LogP contribution is 2.63. The van der Waals surface area contributed by atoms with Gasteiger partial charge in [0.05, 0.1) is 19.1 Å². The zero-order valence-electron chi connectivity index (χ0n) is 16.2. The number of hydrogen-bond acceptors (Lipinski definition) is 4. The van der Waals surface area contributed by atoms with Crippen LogP contribution in [0, 0.1) is 34.5 Å². The summed E-state index contributed by atoms with van der Waals surface area (Å²) < 4.78 is 24.5. The average molecular weight is 318 g/mol. The summed E-state index contributed by atoms with van der Waals surface area (Å²) >= 11 is 0. The van der Waals surface area contributed by atoms with Gasteiger partial charge in [0.1, 0.15) is 6.02 Å². The minimum Gasteiger partial charge on any atom is -0.390 e. The quantitative estimate of drug-likeness (QED) is 0.799. The van der Waals surface area contributed by atoms with Crippen LogP contribution in [0.4, 0.5) is 0 Å². The number of carbonyl (C=O) groups excluding carboxylic acids is 1. The minimum absolute atomic E-state index is 0.0435. The third-order valence-corrected chi connectivity index (χ3v) is 7.01. The highest BCUT2D eigenvalue weighted by Gasteiger charge is 2.62. The number of piperidine rings is 1. The van der Waals surface area contributed by atoms with Gasteiger partial charge in [0.15, 0.2) is 0 Å². The Hall–Kier alpha value is -1.12. The van der Waals surface area contributed by atoms with Crippen molar-refractivity contribution in [3.05, 3.63) is 0 Å². The number of fused-ring (bicyclic) bond motifs is 1. The van der Waals surface area contributed by atoms with E-state index in [2.05, 4.69) is 0 Å². The van der Waals surface area contributed by atoms with Crippen LogP contribution in [0.3, 0.4) is 0 Å². The molecular weight excluding hydrogens is 290 g/mol. The van der Waals surface area contributed by atoms with Gasteiger partial charge >= 0.3 is 0 Å². The predicted molar refractivity (Wildman–Crippen MR) is 82.8 cm³/mol. The lowest BCUT2D eigenvalue weighted by Gasteiger charge is -2.61. The van der Waals surface area contributed by atoms with Gasteiger partial charge in [0, 0.05) is 8.78 Å². The molecule has 6 rings (SSSR count). The molecule has 0 aromatic carbocycles. The first-order valence-corrected chi connectivity index (χ1v) is 8.76. The van der Waals surface area contributed by atoms with Crippen LogP contribution in [0.1, 0.15) is 55.4 Å². The maximum atomic E-state index is 13.3. The number of carbonyl (C=O) groups is 1. The molecule has 1 aliphatic heterocycles. The van der Waals surface area contributed by atoms with E-state index >= 15 is 0 Å². The van der Waals surface area contributed by atoms with Crippen molar-refractivity contribution >= 4 is 5.91 Å². The van der Waals surface area contributed by atoms with Crippen molar-refractivity contribution in [2.24, 2.45) is 28.9 Å². The highest BCUT2D eigenvalue weighted by atomic mass is 16.3. The van der Waals surface area contributed by atoms with E-state index in [0.29, 0.717) is 18.3 Å². The molecule has 6 fully saturated rings. The molecule has 5 heteroatoms. The monoisotopic (exact) mass is 318 g/mol. The molecule has 6 atom stereocenters. The van der Waals surface area contributed by atoms with Crippen molar-refractivity contribution in [1.82, 2.24) is 4.90 Å². The van der Waals surface area contributed by atoms with Gasteiger partial charge in [-0.3, -0.25) is 4.79 Å². The van der Waals surface area contributed by atoms with Gasteiger partial charge in [-0.2, -0.15) is 5.26 Å². The van der Waals surface area contributed by atoms with E-state index in [0.717, 1.165) is 37.0 Å². The first kappa shape index (κ1) is 11.4. The van der Waals surface area contributed by atoms with E-state index in [1.165, 1.54) is 0 Å². The molecule has 1 amide bonds. The molecule has 5 saturated carbocycles. The Morgan fingerprint density at radius 3 is 2.70 bits per heavy atom. The molecule has 0 aromatic rings. The summed E-state index contributed by atoms with van der Waals surface area (Å²) in [6.07, 6.45) is 3.29. The number of amides is 1. The molecule has 0 radical (unpaired) electrons. The Balaban J connectivity index is 1.46. The summed E-state index contributed by atoms with van der Waals surface area (Å²) in [7, 11) is 0. The second-order valence-electron chi connectivity index (χ2n) is 8.71. The fourth-order valence-electron chi connectivity index (χ4n) is 6.49. The van der Waals surface area contributed by atoms with Crippen molar-refractivity contribution in [2.45, 2.75) is 75.0 Å². The first-order valence-electron chi connectivity index (χ1n) is 10.3. The summed E-state index contributed by atoms with van der Waals surface area (Å²) in [5, 5.41) is 20.4. The van der Waals surface area contributed by atoms with Gasteiger partial charge in [-0.1, -0.05) is 0 Å². The number of aliphatic hydroxyl groups is 1. The third kappa shape index (κ3) is 1.88. The largest absolute Gasteiger partial charge is 0.390 e. The van der Waals surface area contributed by atoms with Crippen molar-refractivity contribution in [3.63, 3.8) is 0 Å². The molecule has 5 nitrogen and oxygen atoms in total. The molecule has 0 spiro atoms. The van der Waals surface area contributed by atoms with Crippen LogP contribution in [-0.4, -0.2) is 39.6 Å². The molecule has 1 saturated heterocycles. The molecule has 5 aliphatic carbocycles. The molecule has 6 aliphatic rings. The lowest BCUT2D eigenvalue weighted by atomic mass is 9.46. The van der Waals surface area contributed by atoms with Crippen LogP contribution in [0.15, 0.2) is 0 Å². The third-order valence-electron chi connectivity index (χ3n) is 7.01. The van der Waals surface area contributed by atoms with Gasteiger partial charge in [0.25, 0.3) is 0 Å². The Kier molecular flexibility index (Phi) is 2.13. The average Bonchev–Trinajstić information content (AvgIpc) is 2.88. The van der Waals surface area contributed by atoms with Gasteiger partial charge in [-0.05, 0) is 74.5 Å². The van der Waals surface area contributed by atoms with E-state index in [1.807, 2.05) is 6.07 Å². The van der Waals surface area contributed by atoms with Crippen molar-refractivity contribution in [2.75, 3.05) is 0 Å². The van der Waals surface area contributed by atoms with E-state index in [4.69, 9.17) is 9.85 Å². The maximum absolute atomic E-state index is 13.3. The van der Waals surface area contributed by atoms with E-state index in [-0.39, 0.29) is 6.42 Å². The Labute approximate surface area is 141 Å². The Morgan fingerprint density at radius 2 is 2.09 bits per heavy atom. The second kappa shape index (κ2) is 4.29. The van der Waals surface area contributed by atoms with Crippen LogP contribution >= 0.6 is 0 Å². The predicted octanol–water partition coefficient (Wildman–Crippen LogP) is 1.16. The lowest BCUT2D eigenvalue weighted by molar-refractivity contribution is -0.177. The zero-order chi connectivity index (χ0) is 18.7. The summed E-state index contributed by atoms with van der Waals surface area (Å²) in [5.41, 5.74) is 5.26. The van der Waals surface area contributed by atoms with Crippen molar-refractivity contribution in [3.8, 4) is 6.07 Å². The zero-order valence-corrected chi connectivity index (χ0v) is 13.2. The summed E-state index contributed by atoms with van der Waals surface area (Å²) in [5.74, 6) is -0.150. The molecule has 124 valence electrons. The Bertz CT molecular complexity index is 724. The van der Waals surface area contributed by atoms with E-state index in [1.54, 1.807) is 0 Å². The van der Waals surface area contributed by atoms with Gasteiger partial charge < -0.3 is 15.7 Å². The van der Waals surface area contributed by atoms with Crippen LogP contribution in [-0.2, 0) is 4.79 Å². The number of nitrogens with zero attached hydrogens (tertiary/aromatic N) is 2. The minimum atomic E-state index is -1.73. The van der Waals surface area contributed by atoms with Gasteiger partial charge in [-0.15, -0.1) is 0 Å². The molecule has 0 aromatic heterocycles. The smallest absolute Gasteiger partial charge is 0.241 e. The van der Waals surface area contributed by atoms with Crippen LogP contribution < -0.4 is 5.73 Å². The molecular formula is C18H25N3O2. The Morgan fingerprint density at radius 1 is 1.39 bits per heavy atom. The molecule has 23 heavy (non-hydrogen) atoms. The lowest BCUT2D eigenvalue weighted by Crippen LogP contribution is -2.64. The van der Waals surface area contributed by atoms with Crippen LogP contribution in [0.25, 0.3) is 0 Å². The number of likely N-dealkylation sites (tertiary alicyclic amines) is 1. The number of rotatable bonds is 2. The number of nitrogens with two attached hydrogens (primary N) is 1. The standard InChI is InChI=1S/C18H25N3O2/c19-8-13-2-12-3-14(12)21(13)16(22)15(20)17-4-10-1-11(5-17)7-18(23,6-10)9-17/h10-15,23H,1-7,9,20H2/t10?,11?,12-,13+,14+,15-,17?,18?/m1/s1/i3D2,13D. The fourth-order valence-corrected chi connectivity index (χ4v) is 6.49. The number of nitriles is 1. The van der Waals surface area contributed by atoms with Crippen molar-refractivity contribution < 1.29 is 14.0 Å². The van der Waals surface area contributed by atoms with E-state index < -0.39 is 47.3 Å². The van der Waals surface area contributed by atoms with Crippen LogP contribution in [0.5, 0.6) is 0 Å². The normalized spacial score (nSPS) is 61.1. The first-order chi connectivity index (χ1) is 12.0. The van der Waals surface area contributed by atoms with Crippen LogP contribution in [0.2, 0.25) is 0 Å². The van der Waals surface area contributed by atoms with Gasteiger partial charge in [0.2, 0.25) is 5.91 Å². The van der Waals surface area contributed by atoms with Crippen molar-refractivity contribution in [1.29, 1.82) is 5.26 Å². The molecule has 2 unspecified atom stereocenters. The summed E-state index contributed by atoms with van der Waals surface area (Å²) in [6.45, 7) is 0. The van der Waals surface area contributed by atoms with E-state index in [9.17, 15) is 15.2 Å². The number of hydrogen-bond donors (Lipinski definition) is 2. The summed E-state index contributed by atoms with van der Waals surface area (Å²) in [6, 6.07) is -1.42. The summed E-state index contributed by atoms with van der Waals surface area (Å²) in [4.78, 5) is 14.5. The molecule has 1 heterocycles. The maximum Gasteiger partial charge on any atom is 0.241 e. The second-order valence-corrected chi connectivity index (χ2v) is 8.71. The molecule has 4 bridgehead atoms.